The Morgan fingerprint density at radius 2 is 2.00 bits per heavy atom. The fourth-order valence-corrected chi connectivity index (χ4v) is 4.81. The maximum Gasteiger partial charge on any atom is 0.354 e. The van der Waals surface area contributed by atoms with E-state index in [0.29, 0.717) is 31.0 Å². The van der Waals surface area contributed by atoms with Crippen LogP contribution in [0.4, 0.5) is 0 Å². The van der Waals surface area contributed by atoms with Crippen LogP contribution in [-0.2, 0) is 9.53 Å². The maximum atomic E-state index is 13.5. The minimum Gasteiger partial charge on any atom is -0.461 e. The number of benzene rings is 1. The Morgan fingerprint density at radius 1 is 1.21 bits per heavy atom. The second kappa shape index (κ2) is 7.43. The first-order chi connectivity index (χ1) is 13.6. The molecule has 0 saturated carbocycles. The van der Waals surface area contributed by atoms with Crippen molar-refractivity contribution in [3.8, 4) is 0 Å². The van der Waals surface area contributed by atoms with Crippen molar-refractivity contribution in [3.63, 3.8) is 0 Å². The van der Waals surface area contributed by atoms with Crippen LogP contribution in [0.1, 0.15) is 17.3 Å². The Labute approximate surface area is 172 Å². The third-order valence-corrected chi connectivity index (χ3v) is 6.12. The molecule has 0 aromatic heterocycles. The van der Waals surface area contributed by atoms with Gasteiger partial charge in [0.25, 0.3) is 0 Å². The summed E-state index contributed by atoms with van der Waals surface area (Å²) in [7, 11) is 0. The number of hydrogen-bond acceptors (Lipinski definition) is 5. The molecule has 2 heterocycles. The molecule has 3 aliphatic rings. The van der Waals surface area contributed by atoms with E-state index in [0.717, 1.165) is 15.8 Å². The Hall–Kier alpha value is -2.60. The van der Waals surface area contributed by atoms with Gasteiger partial charge in [-0.05, 0) is 30.7 Å². The van der Waals surface area contributed by atoms with Crippen molar-refractivity contribution in [1.82, 2.24) is 10.6 Å². The summed E-state index contributed by atoms with van der Waals surface area (Å²) >= 11 is 3.65. The lowest BCUT2D eigenvalue weighted by Crippen LogP contribution is -2.36. The highest BCUT2D eigenvalue weighted by Crippen LogP contribution is 2.54. The van der Waals surface area contributed by atoms with E-state index in [-0.39, 0.29) is 11.7 Å². The molecule has 4 rings (SSSR count). The lowest BCUT2D eigenvalue weighted by Gasteiger charge is -2.36. The topological polar surface area (TPSA) is 67.4 Å². The summed E-state index contributed by atoms with van der Waals surface area (Å²) < 4.78 is 6.14. The SMILES string of the molecule is CCOC(=O)C1=CC23C(=CC=C(Br)C2=CCN1)NCC3C(=O)c1ccccc1. The number of ketones is 1. The largest absolute Gasteiger partial charge is 0.461 e. The van der Waals surface area contributed by atoms with Gasteiger partial charge < -0.3 is 15.4 Å². The number of Topliss-reactive ketones (excluding diaryl/α,β-unsaturated/α-hetero) is 1. The van der Waals surface area contributed by atoms with E-state index in [4.69, 9.17) is 4.74 Å². The van der Waals surface area contributed by atoms with Gasteiger partial charge in [0.15, 0.2) is 5.78 Å². The van der Waals surface area contributed by atoms with Crippen molar-refractivity contribution < 1.29 is 14.3 Å². The molecule has 1 aromatic rings. The van der Waals surface area contributed by atoms with E-state index < -0.39 is 11.4 Å². The smallest absolute Gasteiger partial charge is 0.354 e. The predicted molar refractivity (Wildman–Crippen MR) is 111 cm³/mol. The van der Waals surface area contributed by atoms with E-state index in [1.54, 1.807) is 6.92 Å². The molecule has 1 fully saturated rings. The van der Waals surface area contributed by atoms with Gasteiger partial charge in [-0.25, -0.2) is 4.79 Å². The normalized spacial score (nSPS) is 25.4. The van der Waals surface area contributed by atoms with Gasteiger partial charge in [-0.3, -0.25) is 4.79 Å². The number of esters is 1. The zero-order valence-electron chi connectivity index (χ0n) is 15.5. The lowest BCUT2D eigenvalue weighted by atomic mass is 9.65. The quantitative estimate of drug-likeness (QED) is 0.555. The summed E-state index contributed by atoms with van der Waals surface area (Å²) in [6.45, 7) is 3.05. The summed E-state index contributed by atoms with van der Waals surface area (Å²) in [5.74, 6) is -0.738. The van der Waals surface area contributed by atoms with Crippen molar-refractivity contribution in [1.29, 1.82) is 0 Å². The van der Waals surface area contributed by atoms with E-state index in [1.165, 1.54) is 0 Å². The van der Waals surface area contributed by atoms with Crippen LogP contribution in [0.15, 0.2) is 76.1 Å². The molecule has 1 aromatic carbocycles. The number of allylic oxidation sites excluding steroid dienone is 4. The number of carbonyl (C=O) groups excluding carboxylic acids is 2. The van der Waals surface area contributed by atoms with Gasteiger partial charge in [-0.15, -0.1) is 0 Å². The zero-order valence-corrected chi connectivity index (χ0v) is 17.1. The second-order valence-corrected chi connectivity index (χ2v) is 7.76. The van der Waals surface area contributed by atoms with Gasteiger partial charge in [-0.1, -0.05) is 52.3 Å². The molecule has 1 aliphatic carbocycles. The van der Waals surface area contributed by atoms with Gasteiger partial charge in [0, 0.05) is 28.8 Å². The molecule has 0 bridgehead atoms. The number of rotatable bonds is 4. The number of carbonyl (C=O) groups is 2. The number of ether oxygens (including phenoxy) is 1. The molecule has 28 heavy (non-hydrogen) atoms. The summed E-state index contributed by atoms with van der Waals surface area (Å²) in [5.41, 5.74) is 2.21. The van der Waals surface area contributed by atoms with Crippen LogP contribution < -0.4 is 10.6 Å². The lowest BCUT2D eigenvalue weighted by molar-refractivity contribution is -0.139. The standard InChI is InChI=1S/C22H21BrN2O3/c1-2-28-21(27)18-12-22-15(10-11-24-18)17(23)8-9-19(22)25-13-16(22)20(26)14-6-4-3-5-7-14/h3-10,12,16,24-25H,2,11,13H2,1H3. The summed E-state index contributed by atoms with van der Waals surface area (Å²) in [6, 6.07) is 9.30. The highest BCUT2D eigenvalue weighted by molar-refractivity contribution is 9.12. The summed E-state index contributed by atoms with van der Waals surface area (Å²) in [4.78, 5) is 26.0. The minimum atomic E-state index is -0.744. The maximum absolute atomic E-state index is 13.5. The molecule has 2 unspecified atom stereocenters. The van der Waals surface area contributed by atoms with Gasteiger partial charge in [0.1, 0.15) is 5.70 Å². The third-order valence-electron chi connectivity index (χ3n) is 5.43. The molecule has 2 N–H and O–H groups in total. The minimum absolute atomic E-state index is 0.0472. The average Bonchev–Trinajstić information content (AvgIpc) is 2.94. The first-order valence-electron chi connectivity index (χ1n) is 9.34. The van der Waals surface area contributed by atoms with E-state index in [2.05, 4.69) is 26.6 Å². The monoisotopic (exact) mass is 440 g/mol. The average molecular weight is 441 g/mol. The summed E-state index contributed by atoms with van der Waals surface area (Å²) in [6.07, 6.45) is 7.86. The van der Waals surface area contributed by atoms with Crippen molar-refractivity contribution in [2.75, 3.05) is 19.7 Å². The molecule has 1 saturated heterocycles. The molecule has 6 heteroatoms. The first kappa shape index (κ1) is 18.7. The number of halogens is 1. The number of hydrogen-bond donors (Lipinski definition) is 2. The molecule has 0 radical (unpaired) electrons. The fourth-order valence-electron chi connectivity index (χ4n) is 4.19. The first-order valence-corrected chi connectivity index (χ1v) is 10.1. The highest BCUT2D eigenvalue weighted by Gasteiger charge is 2.54. The van der Waals surface area contributed by atoms with Crippen LogP contribution in [-0.4, -0.2) is 31.4 Å². The van der Waals surface area contributed by atoms with Gasteiger partial charge in [0.2, 0.25) is 0 Å². The Morgan fingerprint density at radius 3 is 2.75 bits per heavy atom. The van der Waals surface area contributed by atoms with Crippen molar-refractivity contribution in [2.24, 2.45) is 11.3 Å². The van der Waals surface area contributed by atoms with Gasteiger partial charge in [-0.2, -0.15) is 0 Å². The Bertz CT molecular complexity index is 946. The van der Waals surface area contributed by atoms with Crippen LogP contribution >= 0.6 is 15.9 Å². The molecule has 0 amide bonds. The zero-order chi connectivity index (χ0) is 19.7. The third kappa shape index (κ3) is 2.92. The fraction of sp³-hybridized carbons (Fsp3) is 0.273. The summed E-state index contributed by atoms with van der Waals surface area (Å²) in [5, 5.41) is 6.54. The second-order valence-electron chi connectivity index (χ2n) is 6.90. The van der Waals surface area contributed by atoms with Crippen molar-refractivity contribution >= 4 is 27.7 Å². The highest BCUT2D eigenvalue weighted by atomic mass is 79.9. The molecule has 1 spiro atoms. The Kier molecular flexibility index (Phi) is 4.98. The van der Waals surface area contributed by atoms with Crippen LogP contribution in [0.25, 0.3) is 0 Å². The molecule has 2 atom stereocenters. The van der Waals surface area contributed by atoms with Crippen molar-refractivity contribution in [2.45, 2.75) is 6.92 Å². The number of nitrogens with one attached hydrogen (secondary N) is 2. The predicted octanol–water partition coefficient (Wildman–Crippen LogP) is 3.23. The van der Waals surface area contributed by atoms with E-state index in [9.17, 15) is 9.59 Å². The van der Waals surface area contributed by atoms with Gasteiger partial charge in [0.05, 0.1) is 17.9 Å². The Balaban J connectivity index is 1.87. The van der Waals surface area contributed by atoms with E-state index in [1.807, 2.05) is 54.6 Å². The molecular formula is C22H21BrN2O3. The molecule has 5 nitrogen and oxygen atoms in total. The van der Waals surface area contributed by atoms with Crippen molar-refractivity contribution in [3.05, 3.63) is 81.6 Å². The van der Waals surface area contributed by atoms with Crippen LogP contribution in [0.3, 0.4) is 0 Å². The molecule has 2 aliphatic heterocycles. The van der Waals surface area contributed by atoms with Crippen LogP contribution in [0.5, 0.6) is 0 Å². The molecule has 144 valence electrons. The van der Waals surface area contributed by atoms with Crippen LogP contribution in [0, 0.1) is 11.3 Å². The van der Waals surface area contributed by atoms with Gasteiger partial charge >= 0.3 is 5.97 Å². The van der Waals surface area contributed by atoms with E-state index >= 15 is 0 Å². The van der Waals surface area contributed by atoms with Crippen LogP contribution in [0.2, 0.25) is 0 Å². The molecular weight excluding hydrogens is 420 g/mol.